The summed E-state index contributed by atoms with van der Waals surface area (Å²) in [7, 11) is 1.71. The van der Waals surface area contributed by atoms with Gasteiger partial charge >= 0.3 is 5.69 Å². The summed E-state index contributed by atoms with van der Waals surface area (Å²) >= 11 is 5.80. The Morgan fingerprint density at radius 2 is 1.80 bits per heavy atom. The molecule has 1 aromatic heterocycles. The Hall–Kier alpha value is -2.21. The van der Waals surface area contributed by atoms with Crippen LogP contribution in [-0.4, -0.2) is 21.9 Å². The maximum absolute atomic E-state index is 11.1. The van der Waals surface area contributed by atoms with Crippen molar-refractivity contribution in [2.45, 2.75) is 13.8 Å². The summed E-state index contributed by atoms with van der Waals surface area (Å²) < 4.78 is 0. The average Bonchev–Trinajstić information content (AvgIpc) is 2.35. The third-order valence-electron chi connectivity index (χ3n) is 2.85. The molecular formula is C13H13ClN4O2. The molecule has 2 rings (SSSR count). The van der Waals surface area contributed by atoms with E-state index in [-0.39, 0.29) is 16.7 Å². The van der Waals surface area contributed by atoms with Gasteiger partial charge in [-0.3, -0.25) is 10.1 Å². The second-order valence-electron chi connectivity index (χ2n) is 4.50. The molecule has 0 radical (unpaired) electrons. The highest BCUT2D eigenvalue weighted by atomic mass is 35.5. The Morgan fingerprint density at radius 3 is 2.35 bits per heavy atom. The monoisotopic (exact) mass is 292 g/mol. The van der Waals surface area contributed by atoms with Crippen LogP contribution >= 0.6 is 11.6 Å². The number of aryl methyl sites for hydroxylation is 2. The molecule has 0 amide bonds. The van der Waals surface area contributed by atoms with E-state index in [9.17, 15) is 10.1 Å². The van der Waals surface area contributed by atoms with Crippen LogP contribution in [0.15, 0.2) is 24.5 Å². The average molecular weight is 293 g/mol. The molecule has 2 aromatic rings. The maximum atomic E-state index is 11.1. The van der Waals surface area contributed by atoms with Crippen molar-refractivity contribution in [1.29, 1.82) is 0 Å². The van der Waals surface area contributed by atoms with Crippen molar-refractivity contribution < 1.29 is 4.92 Å². The molecule has 6 nitrogen and oxygen atoms in total. The van der Waals surface area contributed by atoms with Gasteiger partial charge in [0.1, 0.15) is 6.33 Å². The fourth-order valence-corrected chi connectivity index (χ4v) is 2.21. The summed E-state index contributed by atoms with van der Waals surface area (Å²) in [4.78, 5) is 19.8. The third-order valence-corrected chi connectivity index (χ3v) is 3.13. The molecule has 0 saturated heterocycles. The van der Waals surface area contributed by atoms with Crippen LogP contribution in [0.2, 0.25) is 5.15 Å². The van der Waals surface area contributed by atoms with Crippen molar-refractivity contribution in [3.8, 4) is 0 Å². The number of anilines is 2. The highest BCUT2D eigenvalue weighted by molar-refractivity contribution is 6.31. The number of rotatable bonds is 3. The summed E-state index contributed by atoms with van der Waals surface area (Å²) in [5.41, 5.74) is 2.64. The van der Waals surface area contributed by atoms with E-state index in [4.69, 9.17) is 11.6 Å². The van der Waals surface area contributed by atoms with Crippen molar-refractivity contribution in [3.05, 3.63) is 50.9 Å². The smallest absolute Gasteiger partial charge is 0.324 e. The van der Waals surface area contributed by atoms with Gasteiger partial charge in [-0.25, -0.2) is 9.97 Å². The lowest BCUT2D eigenvalue weighted by Crippen LogP contribution is -2.14. The van der Waals surface area contributed by atoms with Crippen LogP contribution in [0, 0.1) is 24.0 Å². The number of benzene rings is 1. The van der Waals surface area contributed by atoms with Crippen LogP contribution in [0.4, 0.5) is 17.2 Å². The zero-order valence-electron chi connectivity index (χ0n) is 11.3. The zero-order chi connectivity index (χ0) is 14.9. The molecule has 1 aromatic carbocycles. The minimum atomic E-state index is -0.573. The minimum absolute atomic E-state index is 0.167. The van der Waals surface area contributed by atoms with Crippen molar-refractivity contribution in [3.63, 3.8) is 0 Å². The second kappa shape index (κ2) is 5.42. The maximum Gasteiger partial charge on any atom is 0.348 e. The van der Waals surface area contributed by atoms with Gasteiger partial charge in [0.15, 0.2) is 0 Å². The summed E-state index contributed by atoms with van der Waals surface area (Å²) in [6, 6.07) is 5.87. The van der Waals surface area contributed by atoms with Crippen molar-refractivity contribution in [2.24, 2.45) is 0 Å². The molecule has 7 heteroatoms. The molecule has 20 heavy (non-hydrogen) atoms. The molecule has 0 unspecified atom stereocenters. The Morgan fingerprint density at radius 1 is 1.20 bits per heavy atom. The molecule has 0 aliphatic rings. The quantitative estimate of drug-likeness (QED) is 0.492. The lowest BCUT2D eigenvalue weighted by molar-refractivity contribution is -0.384. The highest BCUT2D eigenvalue weighted by Crippen LogP contribution is 2.34. The van der Waals surface area contributed by atoms with Crippen molar-refractivity contribution in [1.82, 2.24) is 9.97 Å². The van der Waals surface area contributed by atoms with Gasteiger partial charge in [0, 0.05) is 12.7 Å². The zero-order valence-corrected chi connectivity index (χ0v) is 12.0. The topological polar surface area (TPSA) is 72.2 Å². The largest absolute Gasteiger partial charge is 0.348 e. The van der Waals surface area contributed by atoms with E-state index in [0.29, 0.717) is 0 Å². The summed E-state index contributed by atoms with van der Waals surface area (Å²) in [6.07, 6.45) is 1.21. The van der Waals surface area contributed by atoms with Gasteiger partial charge in [0.2, 0.25) is 11.0 Å². The lowest BCUT2D eigenvalue weighted by Gasteiger charge is -2.19. The predicted molar refractivity (Wildman–Crippen MR) is 77.7 cm³/mol. The first-order valence-corrected chi connectivity index (χ1v) is 6.25. The van der Waals surface area contributed by atoms with E-state index in [2.05, 4.69) is 9.97 Å². The Labute approximate surface area is 121 Å². The first-order valence-electron chi connectivity index (χ1n) is 5.87. The molecule has 0 N–H and O–H groups in total. The normalized spacial score (nSPS) is 10.4. The first-order chi connectivity index (χ1) is 9.40. The van der Waals surface area contributed by atoms with Crippen LogP contribution in [0.5, 0.6) is 0 Å². The molecule has 0 saturated carbocycles. The number of aromatic nitrogens is 2. The molecule has 104 valence electrons. The fraction of sp³-hybridized carbons (Fsp3) is 0.231. The second-order valence-corrected chi connectivity index (χ2v) is 4.86. The number of hydrogen-bond donors (Lipinski definition) is 0. The van der Waals surface area contributed by atoms with E-state index in [0.717, 1.165) is 16.8 Å². The Balaban J connectivity index is 2.56. The molecule has 0 bridgehead atoms. The van der Waals surface area contributed by atoms with Crippen LogP contribution in [0.1, 0.15) is 11.1 Å². The van der Waals surface area contributed by atoms with Crippen molar-refractivity contribution in [2.75, 3.05) is 11.9 Å². The van der Waals surface area contributed by atoms with Gasteiger partial charge in [-0.1, -0.05) is 17.7 Å². The van der Waals surface area contributed by atoms with Gasteiger partial charge < -0.3 is 4.90 Å². The Bertz CT molecular complexity index is 655. The summed E-state index contributed by atoms with van der Waals surface area (Å²) in [5, 5.41) is 11.0. The number of hydrogen-bond acceptors (Lipinski definition) is 5. The fourth-order valence-electron chi connectivity index (χ4n) is 2.02. The minimum Gasteiger partial charge on any atom is -0.324 e. The van der Waals surface area contributed by atoms with E-state index in [1.807, 2.05) is 32.0 Å². The lowest BCUT2D eigenvalue weighted by atomic mass is 10.1. The Kier molecular flexibility index (Phi) is 3.85. The van der Waals surface area contributed by atoms with Gasteiger partial charge in [0.05, 0.1) is 4.92 Å². The molecule has 0 aliphatic heterocycles. The number of nitro groups is 1. The van der Waals surface area contributed by atoms with E-state index < -0.39 is 4.92 Å². The van der Waals surface area contributed by atoms with Crippen LogP contribution < -0.4 is 4.90 Å². The number of halogens is 1. The standard InChI is InChI=1S/C13H13ClN4O2/c1-8-4-9(2)6-10(5-8)17(3)13-11(18(19)20)12(14)15-7-16-13/h4-7H,1-3H3. The summed E-state index contributed by atoms with van der Waals surface area (Å²) in [5.74, 6) is 0.167. The van der Waals surface area contributed by atoms with E-state index in [1.54, 1.807) is 11.9 Å². The van der Waals surface area contributed by atoms with E-state index in [1.165, 1.54) is 6.33 Å². The third kappa shape index (κ3) is 2.70. The van der Waals surface area contributed by atoms with E-state index >= 15 is 0 Å². The molecule has 0 atom stereocenters. The van der Waals surface area contributed by atoms with Gasteiger partial charge in [0.25, 0.3) is 0 Å². The molecular weight excluding hydrogens is 280 g/mol. The molecule has 0 spiro atoms. The van der Waals surface area contributed by atoms with Crippen molar-refractivity contribution >= 4 is 28.8 Å². The molecule has 0 fully saturated rings. The predicted octanol–water partition coefficient (Wildman–Crippen LogP) is 3.42. The van der Waals surface area contributed by atoms with Gasteiger partial charge in [-0.05, 0) is 37.1 Å². The van der Waals surface area contributed by atoms with Gasteiger partial charge in [-0.15, -0.1) is 0 Å². The van der Waals surface area contributed by atoms with Crippen LogP contribution in [0.3, 0.4) is 0 Å². The van der Waals surface area contributed by atoms with Crippen LogP contribution in [0.25, 0.3) is 0 Å². The van der Waals surface area contributed by atoms with Crippen LogP contribution in [-0.2, 0) is 0 Å². The summed E-state index contributed by atoms with van der Waals surface area (Å²) in [6.45, 7) is 3.93. The first kappa shape index (κ1) is 14.2. The van der Waals surface area contributed by atoms with Gasteiger partial charge in [-0.2, -0.15) is 0 Å². The number of nitrogens with zero attached hydrogens (tertiary/aromatic N) is 4. The molecule has 1 heterocycles. The SMILES string of the molecule is Cc1cc(C)cc(N(C)c2ncnc(Cl)c2[N+](=O)[O-])c1. The molecule has 0 aliphatic carbocycles. The highest BCUT2D eigenvalue weighted by Gasteiger charge is 2.25.